The minimum absolute atomic E-state index is 0.174. The van der Waals surface area contributed by atoms with Gasteiger partial charge in [-0.25, -0.2) is 10.4 Å². The SMILES string of the molecule is O=C(N/N=C/c1ccc(O)cc1)c1cc(-c2ccncc2)nc2ccccc12. The van der Waals surface area contributed by atoms with E-state index in [0.29, 0.717) is 11.3 Å². The van der Waals surface area contributed by atoms with Crippen molar-refractivity contribution in [2.24, 2.45) is 5.10 Å². The summed E-state index contributed by atoms with van der Waals surface area (Å²) >= 11 is 0. The summed E-state index contributed by atoms with van der Waals surface area (Å²) in [5.41, 5.74) is 6.10. The third-order valence-corrected chi connectivity index (χ3v) is 4.21. The predicted octanol–water partition coefficient (Wildman–Crippen LogP) is 3.77. The number of carbonyl (C=O) groups excluding carboxylic acids is 1. The molecule has 0 fully saturated rings. The average Bonchev–Trinajstić information content (AvgIpc) is 2.75. The minimum Gasteiger partial charge on any atom is -0.508 e. The summed E-state index contributed by atoms with van der Waals surface area (Å²) in [6.45, 7) is 0. The van der Waals surface area contributed by atoms with Gasteiger partial charge in [0.25, 0.3) is 5.91 Å². The van der Waals surface area contributed by atoms with Crippen molar-refractivity contribution in [3.8, 4) is 17.0 Å². The van der Waals surface area contributed by atoms with Gasteiger partial charge >= 0.3 is 0 Å². The quantitative estimate of drug-likeness (QED) is 0.424. The monoisotopic (exact) mass is 368 g/mol. The molecule has 28 heavy (non-hydrogen) atoms. The van der Waals surface area contributed by atoms with Gasteiger partial charge in [0.2, 0.25) is 0 Å². The molecule has 136 valence electrons. The largest absolute Gasteiger partial charge is 0.508 e. The lowest BCUT2D eigenvalue weighted by molar-refractivity contribution is 0.0956. The highest BCUT2D eigenvalue weighted by atomic mass is 16.3. The van der Waals surface area contributed by atoms with Gasteiger partial charge in [0.15, 0.2) is 0 Å². The zero-order valence-electron chi connectivity index (χ0n) is 14.8. The van der Waals surface area contributed by atoms with Crippen LogP contribution in [0.1, 0.15) is 15.9 Å². The molecule has 0 saturated heterocycles. The van der Waals surface area contributed by atoms with E-state index in [9.17, 15) is 9.90 Å². The first-order valence-corrected chi connectivity index (χ1v) is 8.63. The molecule has 2 N–H and O–H groups in total. The Hall–Kier alpha value is -4.06. The van der Waals surface area contributed by atoms with E-state index in [1.807, 2.05) is 36.4 Å². The number of hydrogen-bond acceptors (Lipinski definition) is 5. The number of para-hydroxylation sites is 1. The lowest BCUT2D eigenvalue weighted by Crippen LogP contribution is -2.18. The summed E-state index contributed by atoms with van der Waals surface area (Å²) in [5, 5.41) is 14.1. The molecule has 4 aromatic rings. The molecule has 2 aromatic carbocycles. The van der Waals surface area contributed by atoms with Crippen molar-refractivity contribution in [2.45, 2.75) is 0 Å². The summed E-state index contributed by atoms with van der Waals surface area (Å²) in [6, 6.07) is 19.5. The van der Waals surface area contributed by atoms with Crippen LogP contribution in [0.3, 0.4) is 0 Å². The summed E-state index contributed by atoms with van der Waals surface area (Å²) in [4.78, 5) is 21.5. The maximum Gasteiger partial charge on any atom is 0.272 e. The molecule has 2 aromatic heterocycles. The maximum atomic E-state index is 12.8. The fraction of sp³-hybridized carbons (Fsp3) is 0. The van der Waals surface area contributed by atoms with E-state index >= 15 is 0 Å². The molecule has 2 heterocycles. The van der Waals surface area contributed by atoms with Gasteiger partial charge in [-0.05, 0) is 54.1 Å². The Bertz CT molecular complexity index is 1160. The molecule has 0 radical (unpaired) electrons. The first kappa shape index (κ1) is 17.4. The van der Waals surface area contributed by atoms with Crippen molar-refractivity contribution >= 4 is 23.0 Å². The van der Waals surface area contributed by atoms with Crippen LogP contribution in [0.5, 0.6) is 5.75 Å². The third kappa shape index (κ3) is 3.71. The molecule has 0 unspecified atom stereocenters. The predicted molar refractivity (Wildman–Crippen MR) is 108 cm³/mol. The second-order valence-corrected chi connectivity index (χ2v) is 6.10. The number of amides is 1. The van der Waals surface area contributed by atoms with Gasteiger partial charge in [-0.3, -0.25) is 9.78 Å². The van der Waals surface area contributed by atoms with Crippen molar-refractivity contribution < 1.29 is 9.90 Å². The molecular formula is C22H16N4O2. The Kier molecular flexibility index (Phi) is 4.76. The number of nitrogens with zero attached hydrogens (tertiary/aromatic N) is 3. The molecule has 4 rings (SSSR count). The number of fused-ring (bicyclic) bond motifs is 1. The van der Waals surface area contributed by atoms with Crippen LogP contribution in [0, 0.1) is 0 Å². The van der Waals surface area contributed by atoms with Crippen LogP contribution >= 0.6 is 0 Å². The first-order chi connectivity index (χ1) is 13.7. The zero-order chi connectivity index (χ0) is 19.3. The summed E-state index contributed by atoms with van der Waals surface area (Å²) in [6.07, 6.45) is 4.90. The summed E-state index contributed by atoms with van der Waals surface area (Å²) < 4.78 is 0. The van der Waals surface area contributed by atoms with E-state index in [1.54, 1.807) is 42.7 Å². The van der Waals surface area contributed by atoms with Crippen molar-refractivity contribution in [3.63, 3.8) is 0 Å². The standard InChI is InChI=1S/C22H16N4O2/c27-17-7-5-15(6-8-17)14-24-26-22(28)19-13-21(16-9-11-23-12-10-16)25-20-4-2-1-3-18(19)20/h1-14,27H,(H,26,28)/b24-14+. The summed E-state index contributed by atoms with van der Waals surface area (Å²) in [5.74, 6) is -0.156. The fourth-order valence-electron chi connectivity index (χ4n) is 2.82. The molecule has 1 amide bonds. The Morgan fingerprint density at radius 2 is 1.75 bits per heavy atom. The number of hydrazone groups is 1. The van der Waals surface area contributed by atoms with Gasteiger partial charge < -0.3 is 5.11 Å². The van der Waals surface area contributed by atoms with Gasteiger partial charge in [0.05, 0.1) is 23.0 Å². The minimum atomic E-state index is -0.330. The number of phenols is 1. The number of nitrogens with one attached hydrogen (secondary N) is 1. The van der Waals surface area contributed by atoms with Crippen molar-refractivity contribution in [1.82, 2.24) is 15.4 Å². The second-order valence-electron chi connectivity index (χ2n) is 6.10. The van der Waals surface area contributed by atoms with E-state index < -0.39 is 0 Å². The molecule has 0 spiro atoms. The van der Waals surface area contributed by atoms with Crippen LogP contribution in [0.25, 0.3) is 22.2 Å². The number of aromatic hydroxyl groups is 1. The average molecular weight is 368 g/mol. The number of benzene rings is 2. The number of rotatable bonds is 4. The van der Waals surface area contributed by atoms with Gasteiger partial charge in [-0.15, -0.1) is 0 Å². The number of pyridine rings is 2. The van der Waals surface area contributed by atoms with Gasteiger partial charge in [-0.1, -0.05) is 18.2 Å². The molecule has 0 atom stereocenters. The van der Waals surface area contributed by atoms with E-state index in [2.05, 4.69) is 20.5 Å². The Labute approximate surface area is 161 Å². The highest BCUT2D eigenvalue weighted by Gasteiger charge is 2.13. The van der Waals surface area contributed by atoms with Gasteiger partial charge in [-0.2, -0.15) is 5.10 Å². The smallest absolute Gasteiger partial charge is 0.272 e. The molecule has 0 aliphatic carbocycles. The molecular weight excluding hydrogens is 352 g/mol. The topological polar surface area (TPSA) is 87.5 Å². The normalized spacial score (nSPS) is 11.0. The third-order valence-electron chi connectivity index (χ3n) is 4.21. The molecule has 6 heteroatoms. The summed E-state index contributed by atoms with van der Waals surface area (Å²) in [7, 11) is 0. The van der Waals surface area contributed by atoms with Crippen molar-refractivity contribution in [1.29, 1.82) is 0 Å². The number of phenolic OH excluding ortho intramolecular Hbond substituents is 1. The van der Waals surface area contributed by atoms with Gasteiger partial charge in [0.1, 0.15) is 5.75 Å². The first-order valence-electron chi connectivity index (χ1n) is 8.63. The molecule has 6 nitrogen and oxygen atoms in total. The highest BCUT2D eigenvalue weighted by molar-refractivity contribution is 6.07. The number of hydrogen-bond donors (Lipinski definition) is 2. The highest BCUT2D eigenvalue weighted by Crippen LogP contribution is 2.24. The Morgan fingerprint density at radius 1 is 1.00 bits per heavy atom. The van der Waals surface area contributed by atoms with Gasteiger partial charge in [0, 0.05) is 23.3 Å². The second kappa shape index (κ2) is 7.67. The van der Waals surface area contributed by atoms with Crippen LogP contribution in [0.15, 0.2) is 84.2 Å². The number of aromatic nitrogens is 2. The van der Waals surface area contributed by atoms with E-state index in [1.165, 1.54) is 6.21 Å². The van der Waals surface area contributed by atoms with E-state index in [0.717, 1.165) is 22.0 Å². The van der Waals surface area contributed by atoms with Crippen LogP contribution in [0.4, 0.5) is 0 Å². The van der Waals surface area contributed by atoms with Crippen LogP contribution < -0.4 is 5.43 Å². The molecule has 0 bridgehead atoms. The number of carbonyl (C=O) groups is 1. The molecule has 0 aliphatic rings. The van der Waals surface area contributed by atoms with Crippen molar-refractivity contribution in [2.75, 3.05) is 0 Å². The van der Waals surface area contributed by atoms with Crippen molar-refractivity contribution in [3.05, 3.63) is 90.3 Å². The van der Waals surface area contributed by atoms with Crippen LogP contribution in [0.2, 0.25) is 0 Å². The molecule has 0 saturated carbocycles. The Morgan fingerprint density at radius 3 is 2.54 bits per heavy atom. The lowest BCUT2D eigenvalue weighted by atomic mass is 10.0. The fourth-order valence-corrected chi connectivity index (χ4v) is 2.82. The Balaban J connectivity index is 1.66. The molecule has 0 aliphatic heterocycles. The lowest BCUT2D eigenvalue weighted by Gasteiger charge is -2.08. The zero-order valence-corrected chi connectivity index (χ0v) is 14.8. The van der Waals surface area contributed by atoms with E-state index in [4.69, 9.17) is 0 Å². The van der Waals surface area contributed by atoms with E-state index in [-0.39, 0.29) is 11.7 Å². The van der Waals surface area contributed by atoms with Crippen LogP contribution in [-0.4, -0.2) is 27.2 Å². The van der Waals surface area contributed by atoms with Crippen LogP contribution in [-0.2, 0) is 0 Å². The maximum absolute atomic E-state index is 12.8.